The highest BCUT2D eigenvalue weighted by Gasteiger charge is 2.43. The monoisotopic (exact) mass is 386 g/mol. The molecule has 1 aromatic carbocycles. The Bertz CT molecular complexity index is 788. The molecular weight excluding hydrogens is 360 g/mol. The maximum absolute atomic E-state index is 6.42. The van der Waals surface area contributed by atoms with Crippen molar-refractivity contribution in [3.8, 4) is 11.3 Å². The van der Waals surface area contributed by atoms with E-state index in [0.29, 0.717) is 0 Å². The predicted octanol–water partition coefficient (Wildman–Crippen LogP) is 3.91. The molecule has 1 saturated heterocycles. The lowest BCUT2D eigenvalue weighted by Crippen LogP contribution is -2.38. The lowest BCUT2D eigenvalue weighted by molar-refractivity contribution is -0.0375. The minimum Gasteiger partial charge on any atom is -0.376 e. The molecule has 1 aromatic heterocycles. The summed E-state index contributed by atoms with van der Waals surface area (Å²) in [6.07, 6.45) is 7.27. The number of benzene rings is 1. The van der Waals surface area contributed by atoms with Crippen molar-refractivity contribution in [2.75, 3.05) is 26.7 Å². The number of hydrogen-bond acceptors (Lipinski definition) is 4. The summed E-state index contributed by atoms with van der Waals surface area (Å²) in [5.74, 6) is 2.29. The molecule has 2 aromatic rings. The highest BCUT2D eigenvalue weighted by atomic mass is 35.5. The third kappa shape index (κ3) is 3.78. The largest absolute Gasteiger partial charge is 0.376 e. The van der Waals surface area contributed by atoms with Crippen LogP contribution in [0.3, 0.4) is 0 Å². The van der Waals surface area contributed by atoms with Gasteiger partial charge in [0.15, 0.2) is 0 Å². The Kier molecular flexibility index (Phi) is 4.70. The van der Waals surface area contributed by atoms with Gasteiger partial charge < -0.3 is 9.64 Å². The van der Waals surface area contributed by atoms with E-state index in [1.54, 1.807) is 0 Å². The molecule has 0 bridgehead atoms. The van der Waals surface area contributed by atoms with E-state index in [2.05, 4.69) is 33.1 Å². The fourth-order valence-electron chi connectivity index (χ4n) is 4.82. The Morgan fingerprint density at radius 2 is 1.85 bits per heavy atom. The van der Waals surface area contributed by atoms with Gasteiger partial charge in [-0.1, -0.05) is 28.9 Å². The van der Waals surface area contributed by atoms with Gasteiger partial charge in [-0.3, -0.25) is 0 Å². The van der Waals surface area contributed by atoms with Gasteiger partial charge in [0, 0.05) is 30.3 Å². The lowest BCUT2D eigenvalue weighted by atomic mass is 9.77. The first kappa shape index (κ1) is 17.7. The van der Waals surface area contributed by atoms with Crippen LogP contribution in [0.4, 0.5) is 0 Å². The van der Waals surface area contributed by atoms with E-state index in [9.17, 15) is 0 Å². The van der Waals surface area contributed by atoms with Crippen molar-refractivity contribution in [1.82, 2.24) is 19.9 Å². The van der Waals surface area contributed by atoms with Gasteiger partial charge in [0.25, 0.3) is 0 Å². The molecule has 3 fully saturated rings. The van der Waals surface area contributed by atoms with Crippen LogP contribution in [-0.2, 0) is 4.74 Å². The Balaban J connectivity index is 1.37. The highest BCUT2D eigenvalue weighted by molar-refractivity contribution is 6.30. The van der Waals surface area contributed by atoms with E-state index < -0.39 is 0 Å². The second-order valence-electron chi connectivity index (χ2n) is 8.69. The predicted molar refractivity (Wildman–Crippen MR) is 106 cm³/mol. The summed E-state index contributed by atoms with van der Waals surface area (Å²) in [5, 5.41) is 9.68. The van der Waals surface area contributed by atoms with Crippen molar-refractivity contribution in [2.45, 2.75) is 37.8 Å². The zero-order chi connectivity index (χ0) is 18.4. The molecule has 2 saturated carbocycles. The average Bonchev–Trinajstić information content (AvgIpc) is 3.23. The molecule has 0 unspecified atom stereocenters. The standard InChI is InChI=1S/C21H27ClN4O/c1-25-10-16-8-20(21(9-17(16)11-25)27-13-14-2-3-14)26-12-19(23-24-26)15-4-6-18(22)7-5-15/h4-7,12,14,16-17,20-21H,2-3,8-11,13H2,1H3/t16-,17+,20-,21-/m1/s1. The molecule has 144 valence electrons. The summed E-state index contributed by atoms with van der Waals surface area (Å²) in [6.45, 7) is 3.30. The molecule has 0 spiro atoms. The summed E-state index contributed by atoms with van der Waals surface area (Å²) in [5.41, 5.74) is 1.95. The van der Waals surface area contributed by atoms with E-state index in [1.807, 2.05) is 24.3 Å². The maximum Gasteiger partial charge on any atom is 0.113 e. The molecule has 0 radical (unpaired) electrons. The minimum absolute atomic E-state index is 0.248. The van der Waals surface area contributed by atoms with Gasteiger partial charge >= 0.3 is 0 Å². The second kappa shape index (κ2) is 7.19. The summed E-state index contributed by atoms with van der Waals surface area (Å²) in [7, 11) is 2.24. The van der Waals surface area contributed by atoms with Gasteiger partial charge in [-0.05, 0) is 62.6 Å². The summed E-state index contributed by atoms with van der Waals surface area (Å²) >= 11 is 6.01. The number of likely N-dealkylation sites (tertiary alicyclic amines) is 1. The first-order valence-corrected chi connectivity index (χ1v) is 10.5. The van der Waals surface area contributed by atoms with Gasteiger partial charge in [0.05, 0.1) is 18.3 Å². The van der Waals surface area contributed by atoms with Crippen LogP contribution in [0, 0.1) is 17.8 Å². The summed E-state index contributed by atoms with van der Waals surface area (Å²) in [4.78, 5) is 2.47. The Morgan fingerprint density at radius 1 is 1.11 bits per heavy atom. The van der Waals surface area contributed by atoms with E-state index in [4.69, 9.17) is 16.3 Å². The molecule has 27 heavy (non-hydrogen) atoms. The van der Waals surface area contributed by atoms with Crippen LogP contribution in [0.5, 0.6) is 0 Å². The first-order valence-electron chi connectivity index (χ1n) is 10.1. The molecule has 3 aliphatic rings. The van der Waals surface area contributed by atoms with Crippen LogP contribution < -0.4 is 0 Å². The van der Waals surface area contributed by atoms with Crippen LogP contribution in [0.2, 0.25) is 5.02 Å². The van der Waals surface area contributed by atoms with Crippen molar-refractivity contribution >= 4 is 11.6 Å². The van der Waals surface area contributed by atoms with Crippen molar-refractivity contribution in [3.63, 3.8) is 0 Å². The molecular formula is C21H27ClN4O. The van der Waals surface area contributed by atoms with Crippen molar-refractivity contribution in [1.29, 1.82) is 0 Å². The van der Waals surface area contributed by atoms with Gasteiger partial charge in [0.2, 0.25) is 0 Å². The minimum atomic E-state index is 0.248. The van der Waals surface area contributed by atoms with Crippen molar-refractivity contribution in [3.05, 3.63) is 35.5 Å². The Hall–Kier alpha value is -1.43. The normalized spacial score (nSPS) is 31.2. The average molecular weight is 387 g/mol. The third-order valence-electron chi connectivity index (χ3n) is 6.50. The molecule has 2 heterocycles. The first-order chi connectivity index (χ1) is 13.2. The molecule has 0 amide bonds. The molecule has 6 heteroatoms. The van der Waals surface area contributed by atoms with Gasteiger partial charge in [-0.25, -0.2) is 4.68 Å². The van der Waals surface area contributed by atoms with Gasteiger partial charge in [0.1, 0.15) is 5.69 Å². The van der Waals surface area contributed by atoms with Crippen LogP contribution in [-0.4, -0.2) is 52.7 Å². The van der Waals surface area contributed by atoms with Crippen LogP contribution in [0.25, 0.3) is 11.3 Å². The van der Waals surface area contributed by atoms with Gasteiger partial charge in [-0.15, -0.1) is 5.10 Å². The number of fused-ring (bicyclic) bond motifs is 1. The number of rotatable bonds is 5. The number of ether oxygens (including phenoxy) is 1. The van der Waals surface area contributed by atoms with Gasteiger partial charge in [-0.2, -0.15) is 0 Å². The molecule has 4 atom stereocenters. The molecule has 0 N–H and O–H groups in total. The SMILES string of the molecule is CN1C[C@H]2C[C@@H](n3cc(-c4ccc(Cl)cc4)nn3)[C@H](OCC3CC3)C[C@H]2C1. The van der Waals surface area contributed by atoms with E-state index in [1.165, 1.54) is 25.9 Å². The summed E-state index contributed by atoms with van der Waals surface area (Å²) < 4.78 is 8.49. The Morgan fingerprint density at radius 3 is 2.59 bits per heavy atom. The van der Waals surface area contributed by atoms with Crippen LogP contribution in [0.1, 0.15) is 31.7 Å². The number of hydrogen-bond donors (Lipinski definition) is 0. The zero-order valence-electron chi connectivity index (χ0n) is 15.8. The fraction of sp³-hybridized carbons (Fsp3) is 0.619. The number of nitrogens with zero attached hydrogens (tertiary/aromatic N) is 4. The number of halogens is 1. The molecule has 5 rings (SSSR count). The van der Waals surface area contributed by atoms with E-state index in [0.717, 1.165) is 53.5 Å². The zero-order valence-corrected chi connectivity index (χ0v) is 16.6. The Labute approximate surface area is 165 Å². The summed E-state index contributed by atoms with van der Waals surface area (Å²) in [6, 6.07) is 8.08. The molecule has 5 nitrogen and oxygen atoms in total. The van der Waals surface area contributed by atoms with Crippen LogP contribution in [0.15, 0.2) is 30.5 Å². The smallest absolute Gasteiger partial charge is 0.113 e. The van der Waals surface area contributed by atoms with E-state index in [-0.39, 0.29) is 12.1 Å². The van der Waals surface area contributed by atoms with Crippen molar-refractivity contribution < 1.29 is 4.74 Å². The highest BCUT2D eigenvalue weighted by Crippen LogP contribution is 2.43. The topological polar surface area (TPSA) is 43.2 Å². The van der Waals surface area contributed by atoms with Crippen molar-refractivity contribution in [2.24, 2.45) is 17.8 Å². The molecule has 2 aliphatic carbocycles. The fourth-order valence-corrected chi connectivity index (χ4v) is 4.94. The van der Waals surface area contributed by atoms with Crippen LogP contribution >= 0.6 is 11.6 Å². The number of aromatic nitrogens is 3. The van der Waals surface area contributed by atoms with E-state index >= 15 is 0 Å². The second-order valence-corrected chi connectivity index (χ2v) is 9.12. The maximum atomic E-state index is 6.42. The molecule has 1 aliphatic heterocycles. The third-order valence-corrected chi connectivity index (χ3v) is 6.75. The quantitative estimate of drug-likeness (QED) is 0.781. The lowest BCUT2D eigenvalue weighted by Gasteiger charge is -2.37.